The zero-order valence-corrected chi connectivity index (χ0v) is 22.6. The monoisotopic (exact) mass is 541 g/mol. The highest BCUT2D eigenvalue weighted by Crippen LogP contribution is 2.32. The van der Waals surface area contributed by atoms with Crippen LogP contribution in [0.3, 0.4) is 0 Å². The van der Waals surface area contributed by atoms with Gasteiger partial charge in [0.25, 0.3) is 5.56 Å². The molecular formula is C29H23N3O4S2. The van der Waals surface area contributed by atoms with Crippen molar-refractivity contribution in [2.75, 3.05) is 12.9 Å². The number of nitriles is 1. The molecular weight excluding hydrogens is 518 g/mol. The molecule has 5 rings (SSSR count). The van der Waals surface area contributed by atoms with Gasteiger partial charge in [-0.1, -0.05) is 35.6 Å². The predicted molar refractivity (Wildman–Crippen MR) is 147 cm³/mol. The van der Waals surface area contributed by atoms with E-state index in [1.165, 1.54) is 11.3 Å². The Morgan fingerprint density at radius 3 is 2.68 bits per heavy atom. The first-order valence-corrected chi connectivity index (χ1v) is 13.9. The van der Waals surface area contributed by atoms with E-state index in [4.69, 9.17) is 9.15 Å². The highest BCUT2D eigenvalue weighted by atomic mass is 32.2. The van der Waals surface area contributed by atoms with Crippen LogP contribution in [0.5, 0.6) is 0 Å². The van der Waals surface area contributed by atoms with Crippen LogP contribution in [0, 0.1) is 11.3 Å². The van der Waals surface area contributed by atoms with Gasteiger partial charge in [-0.2, -0.15) is 5.26 Å². The lowest BCUT2D eigenvalue weighted by atomic mass is 9.96. The van der Waals surface area contributed by atoms with Crippen molar-refractivity contribution in [2.24, 2.45) is 4.99 Å². The topological polar surface area (TPSA) is 97.6 Å². The van der Waals surface area contributed by atoms with Crippen LogP contribution in [-0.4, -0.2) is 23.4 Å². The number of ether oxygens (including phenoxy) is 1. The maximum atomic E-state index is 13.8. The lowest BCUT2D eigenvalue weighted by Crippen LogP contribution is -2.39. The van der Waals surface area contributed by atoms with Crippen molar-refractivity contribution in [1.82, 2.24) is 4.57 Å². The quantitative estimate of drug-likeness (QED) is 0.260. The van der Waals surface area contributed by atoms with E-state index in [0.717, 1.165) is 10.5 Å². The fourth-order valence-corrected chi connectivity index (χ4v) is 5.83. The van der Waals surface area contributed by atoms with E-state index < -0.39 is 12.0 Å². The number of allylic oxidation sites excluding steroid dienone is 1. The van der Waals surface area contributed by atoms with Gasteiger partial charge >= 0.3 is 5.97 Å². The number of rotatable bonds is 6. The van der Waals surface area contributed by atoms with Gasteiger partial charge in [0.1, 0.15) is 11.5 Å². The molecule has 0 N–H and O–H groups in total. The molecule has 1 aliphatic heterocycles. The lowest BCUT2D eigenvalue weighted by molar-refractivity contribution is -0.139. The molecule has 2 aromatic carbocycles. The van der Waals surface area contributed by atoms with Crippen molar-refractivity contribution < 1.29 is 13.9 Å². The van der Waals surface area contributed by atoms with Gasteiger partial charge in [-0.15, -0.1) is 11.8 Å². The van der Waals surface area contributed by atoms with Crippen molar-refractivity contribution in [3.63, 3.8) is 0 Å². The van der Waals surface area contributed by atoms with Crippen molar-refractivity contribution in [1.29, 1.82) is 5.26 Å². The number of esters is 1. The molecule has 7 nitrogen and oxygen atoms in total. The molecule has 38 heavy (non-hydrogen) atoms. The zero-order valence-electron chi connectivity index (χ0n) is 20.9. The molecule has 3 heterocycles. The Bertz CT molecular complexity index is 1790. The van der Waals surface area contributed by atoms with Gasteiger partial charge in [-0.25, -0.2) is 9.79 Å². The highest BCUT2D eigenvalue weighted by Gasteiger charge is 2.33. The smallest absolute Gasteiger partial charge is 0.338 e. The number of nitrogens with zero attached hydrogens (tertiary/aromatic N) is 3. The standard InChI is InChI=1S/C29H23N3O4S2/c1-4-35-28(34)25-17(2)31-29-32(26(25)18-9-12-21(37-3)13-10-18)27(33)24(38-29)15-20-11-14-23(36-20)22-8-6-5-7-19(22)16-30/h5-15,26H,4H2,1-3H3/b24-15+. The van der Waals surface area contributed by atoms with Gasteiger partial charge in [-0.05, 0) is 62.1 Å². The molecule has 0 radical (unpaired) electrons. The first-order valence-electron chi connectivity index (χ1n) is 11.9. The minimum absolute atomic E-state index is 0.216. The van der Waals surface area contributed by atoms with Crippen LogP contribution >= 0.6 is 23.1 Å². The van der Waals surface area contributed by atoms with E-state index >= 15 is 0 Å². The molecule has 4 aromatic rings. The molecule has 0 saturated heterocycles. The van der Waals surface area contributed by atoms with Crippen LogP contribution in [-0.2, 0) is 9.53 Å². The maximum Gasteiger partial charge on any atom is 0.338 e. The van der Waals surface area contributed by atoms with Crippen molar-refractivity contribution in [3.05, 3.63) is 109 Å². The summed E-state index contributed by atoms with van der Waals surface area (Å²) in [6.07, 6.45) is 3.66. The number of carbonyl (C=O) groups excluding carboxylic acids is 1. The van der Waals surface area contributed by atoms with Crippen molar-refractivity contribution >= 4 is 35.1 Å². The van der Waals surface area contributed by atoms with Crippen LogP contribution in [0.4, 0.5) is 0 Å². The van der Waals surface area contributed by atoms with Gasteiger partial charge in [0, 0.05) is 16.5 Å². The molecule has 2 aromatic heterocycles. The lowest BCUT2D eigenvalue weighted by Gasteiger charge is -2.24. The molecule has 0 saturated carbocycles. The maximum absolute atomic E-state index is 13.8. The number of thioether (sulfide) groups is 1. The SMILES string of the molecule is CCOC(=O)C1=C(C)N=c2s/c(=C/c3ccc(-c4ccccc4C#N)o3)c(=O)n2C1c1ccc(SC)cc1. The first-order chi connectivity index (χ1) is 18.4. The second-order valence-electron chi connectivity index (χ2n) is 8.43. The molecule has 0 fully saturated rings. The molecule has 9 heteroatoms. The molecule has 1 unspecified atom stereocenters. The molecule has 0 bridgehead atoms. The van der Waals surface area contributed by atoms with Gasteiger partial charge in [-0.3, -0.25) is 9.36 Å². The van der Waals surface area contributed by atoms with E-state index in [9.17, 15) is 14.9 Å². The van der Waals surface area contributed by atoms with Gasteiger partial charge in [0.05, 0.1) is 40.1 Å². The number of furan rings is 1. The third-order valence-electron chi connectivity index (χ3n) is 6.16. The largest absolute Gasteiger partial charge is 0.463 e. The summed E-state index contributed by atoms with van der Waals surface area (Å²) in [6.45, 7) is 3.73. The first kappa shape index (κ1) is 25.5. The fraction of sp³-hybridized carbons (Fsp3) is 0.172. The summed E-state index contributed by atoms with van der Waals surface area (Å²) in [5, 5.41) is 9.42. The Kier molecular flexibility index (Phi) is 7.18. The minimum Gasteiger partial charge on any atom is -0.463 e. The Balaban J connectivity index is 1.64. The molecule has 1 atom stereocenters. The number of fused-ring (bicyclic) bond motifs is 1. The molecule has 1 aliphatic rings. The average molecular weight is 542 g/mol. The number of hydrogen-bond acceptors (Lipinski definition) is 8. The van der Waals surface area contributed by atoms with E-state index in [0.29, 0.717) is 43.3 Å². The van der Waals surface area contributed by atoms with Gasteiger partial charge < -0.3 is 9.15 Å². The number of aromatic nitrogens is 1. The average Bonchev–Trinajstić information content (AvgIpc) is 3.52. The number of hydrogen-bond donors (Lipinski definition) is 0. The fourth-order valence-electron chi connectivity index (χ4n) is 4.39. The van der Waals surface area contributed by atoms with Crippen LogP contribution in [0.1, 0.15) is 36.8 Å². The third-order valence-corrected chi connectivity index (χ3v) is 7.89. The van der Waals surface area contributed by atoms with E-state index in [2.05, 4.69) is 11.1 Å². The van der Waals surface area contributed by atoms with Crippen LogP contribution < -0.4 is 14.9 Å². The minimum atomic E-state index is -0.668. The normalized spacial score (nSPS) is 15.1. The summed E-state index contributed by atoms with van der Waals surface area (Å²) in [6, 6.07) is 20.0. The van der Waals surface area contributed by atoms with Crippen LogP contribution in [0.2, 0.25) is 0 Å². The van der Waals surface area contributed by atoms with Crippen LogP contribution in [0.15, 0.2) is 91.0 Å². The number of carbonyl (C=O) groups is 1. The zero-order chi connectivity index (χ0) is 26.8. The van der Waals surface area contributed by atoms with E-state index in [1.54, 1.807) is 60.5 Å². The van der Waals surface area contributed by atoms with Crippen molar-refractivity contribution in [3.8, 4) is 17.4 Å². The number of thiazole rings is 1. The summed E-state index contributed by atoms with van der Waals surface area (Å²) in [7, 11) is 0. The molecule has 0 spiro atoms. The highest BCUT2D eigenvalue weighted by molar-refractivity contribution is 7.98. The Hall–Kier alpha value is -4.13. The second-order valence-corrected chi connectivity index (χ2v) is 10.3. The van der Waals surface area contributed by atoms with Crippen LogP contribution in [0.25, 0.3) is 17.4 Å². The van der Waals surface area contributed by atoms with E-state index in [-0.39, 0.29) is 12.2 Å². The Morgan fingerprint density at radius 1 is 1.21 bits per heavy atom. The van der Waals surface area contributed by atoms with Gasteiger partial charge in [0.15, 0.2) is 4.80 Å². The summed E-state index contributed by atoms with van der Waals surface area (Å²) in [5.74, 6) is 0.516. The van der Waals surface area contributed by atoms with Gasteiger partial charge in [0.2, 0.25) is 0 Å². The van der Waals surface area contributed by atoms with E-state index in [1.807, 2.05) is 42.7 Å². The van der Waals surface area contributed by atoms with Crippen molar-refractivity contribution in [2.45, 2.75) is 24.8 Å². The summed E-state index contributed by atoms with van der Waals surface area (Å²) < 4.78 is 13.3. The molecule has 190 valence electrons. The number of benzene rings is 2. The molecule has 0 amide bonds. The second kappa shape index (κ2) is 10.7. The Morgan fingerprint density at radius 2 is 1.97 bits per heavy atom. The predicted octanol–water partition coefficient (Wildman–Crippen LogP) is 4.65. The summed E-state index contributed by atoms with van der Waals surface area (Å²) in [5.41, 5.74) is 2.56. The molecule has 0 aliphatic carbocycles. The summed E-state index contributed by atoms with van der Waals surface area (Å²) >= 11 is 2.85. The Labute approximate surface area is 227 Å². The summed E-state index contributed by atoms with van der Waals surface area (Å²) in [4.78, 5) is 33.0. The third kappa shape index (κ3) is 4.64.